The Morgan fingerprint density at radius 2 is 1.84 bits per heavy atom. The molecular formula is C22H20N7O2+. The molecular weight excluding hydrogens is 394 g/mol. The largest absolute Gasteiger partial charge is 0.371 e. The van der Waals surface area contributed by atoms with Crippen molar-refractivity contribution in [1.29, 1.82) is 0 Å². The van der Waals surface area contributed by atoms with Gasteiger partial charge in [0.1, 0.15) is 5.82 Å². The monoisotopic (exact) mass is 414 g/mol. The molecule has 0 unspecified atom stereocenters. The molecule has 0 aliphatic heterocycles. The summed E-state index contributed by atoms with van der Waals surface area (Å²) in [5.41, 5.74) is 9.87. The SMILES string of the molecule is Cc1ccccc1-n1c(Cn2cnc3c(N)[n+](O)cnc32)nc2cccc(C)c2c1=O. The summed E-state index contributed by atoms with van der Waals surface area (Å²) in [5.74, 6) is 0.625. The van der Waals surface area contributed by atoms with Gasteiger partial charge < -0.3 is 10.9 Å². The number of nitrogens with zero attached hydrogens (tertiary/aromatic N) is 6. The molecule has 0 spiro atoms. The Hall–Kier alpha value is -4.27. The Kier molecular flexibility index (Phi) is 4.18. The van der Waals surface area contributed by atoms with Crippen LogP contribution in [0.4, 0.5) is 5.82 Å². The molecule has 0 aliphatic carbocycles. The number of rotatable bonds is 3. The number of benzene rings is 2. The highest BCUT2D eigenvalue weighted by Crippen LogP contribution is 2.20. The van der Waals surface area contributed by atoms with Crippen molar-refractivity contribution >= 4 is 27.9 Å². The van der Waals surface area contributed by atoms with Crippen LogP contribution in [0.3, 0.4) is 0 Å². The molecule has 3 heterocycles. The van der Waals surface area contributed by atoms with Gasteiger partial charge in [-0.1, -0.05) is 40.0 Å². The predicted octanol–water partition coefficient (Wildman–Crippen LogP) is 1.90. The lowest BCUT2D eigenvalue weighted by molar-refractivity contribution is -0.894. The number of aryl methyl sites for hydroxylation is 2. The highest BCUT2D eigenvalue weighted by atomic mass is 16.5. The van der Waals surface area contributed by atoms with E-state index in [1.54, 1.807) is 15.5 Å². The van der Waals surface area contributed by atoms with Crippen LogP contribution in [0.5, 0.6) is 0 Å². The van der Waals surface area contributed by atoms with Crippen LogP contribution in [0.2, 0.25) is 0 Å². The fourth-order valence-corrected chi connectivity index (χ4v) is 3.85. The van der Waals surface area contributed by atoms with Crippen LogP contribution < -0.4 is 16.0 Å². The van der Waals surface area contributed by atoms with Crippen molar-refractivity contribution in [2.45, 2.75) is 20.4 Å². The van der Waals surface area contributed by atoms with Gasteiger partial charge in [-0.2, -0.15) is 0 Å². The molecule has 0 amide bonds. The maximum absolute atomic E-state index is 13.6. The van der Waals surface area contributed by atoms with E-state index in [-0.39, 0.29) is 17.9 Å². The third-order valence-electron chi connectivity index (χ3n) is 5.43. The van der Waals surface area contributed by atoms with Gasteiger partial charge in [0.15, 0.2) is 0 Å². The smallest absolute Gasteiger partial charge is 0.289 e. The molecule has 0 saturated heterocycles. The summed E-state index contributed by atoms with van der Waals surface area (Å²) in [6, 6.07) is 13.3. The molecule has 0 atom stereocenters. The molecule has 0 aliphatic rings. The molecule has 0 bridgehead atoms. The van der Waals surface area contributed by atoms with Crippen LogP contribution in [0.25, 0.3) is 27.8 Å². The van der Waals surface area contributed by atoms with Gasteiger partial charge >= 0.3 is 0 Å². The Bertz CT molecular complexity index is 1540. The Labute approximate surface area is 176 Å². The summed E-state index contributed by atoms with van der Waals surface area (Å²) in [7, 11) is 0. The number of anilines is 1. The first-order valence-corrected chi connectivity index (χ1v) is 9.73. The number of para-hydroxylation sites is 1. The van der Waals surface area contributed by atoms with Gasteiger partial charge in [0.2, 0.25) is 11.2 Å². The van der Waals surface area contributed by atoms with Crippen molar-refractivity contribution in [2.24, 2.45) is 0 Å². The highest BCUT2D eigenvalue weighted by molar-refractivity contribution is 5.82. The van der Waals surface area contributed by atoms with E-state index in [1.165, 1.54) is 6.33 Å². The molecule has 0 radical (unpaired) electrons. The van der Waals surface area contributed by atoms with Crippen molar-refractivity contribution in [2.75, 3.05) is 5.73 Å². The minimum Gasteiger partial charge on any atom is -0.371 e. The number of hydrogen-bond acceptors (Lipinski definition) is 6. The number of hydrogen-bond donors (Lipinski definition) is 2. The van der Waals surface area contributed by atoms with Gasteiger partial charge in [0.25, 0.3) is 17.7 Å². The second-order valence-corrected chi connectivity index (χ2v) is 7.44. The van der Waals surface area contributed by atoms with Crippen molar-refractivity contribution < 1.29 is 9.94 Å². The second kappa shape index (κ2) is 6.91. The number of imidazole rings is 1. The number of nitrogens with two attached hydrogens (primary N) is 1. The van der Waals surface area contributed by atoms with E-state index in [4.69, 9.17) is 10.7 Å². The lowest BCUT2D eigenvalue weighted by atomic mass is 10.1. The summed E-state index contributed by atoms with van der Waals surface area (Å²) in [6.45, 7) is 4.11. The Morgan fingerprint density at radius 3 is 2.65 bits per heavy atom. The Morgan fingerprint density at radius 1 is 1.06 bits per heavy atom. The molecule has 3 N–H and O–H groups in total. The minimum absolute atomic E-state index is 0.0853. The molecule has 0 fully saturated rings. The van der Waals surface area contributed by atoms with Crippen LogP contribution in [0, 0.1) is 13.8 Å². The van der Waals surface area contributed by atoms with Gasteiger partial charge in [-0.05, 0) is 37.1 Å². The zero-order valence-corrected chi connectivity index (χ0v) is 17.0. The van der Waals surface area contributed by atoms with Crippen LogP contribution in [-0.2, 0) is 6.54 Å². The molecule has 2 aromatic carbocycles. The van der Waals surface area contributed by atoms with Gasteiger partial charge in [-0.25, -0.2) is 9.97 Å². The predicted molar refractivity (Wildman–Crippen MR) is 115 cm³/mol. The van der Waals surface area contributed by atoms with E-state index in [0.29, 0.717) is 27.9 Å². The average Bonchev–Trinajstić information content (AvgIpc) is 3.15. The summed E-state index contributed by atoms with van der Waals surface area (Å²) in [4.78, 5) is 27.0. The first-order chi connectivity index (χ1) is 15.0. The maximum Gasteiger partial charge on any atom is 0.289 e. The van der Waals surface area contributed by atoms with E-state index in [2.05, 4.69) is 9.97 Å². The van der Waals surface area contributed by atoms with Gasteiger partial charge in [-0.3, -0.25) is 13.9 Å². The summed E-state index contributed by atoms with van der Waals surface area (Å²) >= 11 is 0. The van der Waals surface area contributed by atoms with Crippen molar-refractivity contribution in [3.05, 3.63) is 82.4 Å². The van der Waals surface area contributed by atoms with Gasteiger partial charge in [-0.15, -0.1) is 0 Å². The fourth-order valence-electron chi connectivity index (χ4n) is 3.85. The first kappa shape index (κ1) is 18.7. The van der Waals surface area contributed by atoms with Gasteiger partial charge in [0.05, 0.1) is 29.5 Å². The van der Waals surface area contributed by atoms with Gasteiger partial charge in [0, 0.05) is 0 Å². The summed E-state index contributed by atoms with van der Waals surface area (Å²) in [5, 5.41) is 10.3. The number of fused-ring (bicyclic) bond motifs is 2. The first-order valence-electron chi connectivity index (χ1n) is 9.73. The third-order valence-corrected chi connectivity index (χ3v) is 5.43. The molecule has 3 aromatic heterocycles. The van der Waals surface area contributed by atoms with Crippen molar-refractivity contribution in [3.63, 3.8) is 0 Å². The topological polar surface area (TPSA) is 116 Å². The van der Waals surface area contributed by atoms with E-state index >= 15 is 0 Å². The quantitative estimate of drug-likeness (QED) is 0.344. The number of aromatic nitrogens is 6. The van der Waals surface area contributed by atoms with E-state index in [0.717, 1.165) is 21.5 Å². The van der Waals surface area contributed by atoms with E-state index < -0.39 is 0 Å². The molecule has 5 rings (SSSR count). The molecule has 9 heteroatoms. The lowest BCUT2D eigenvalue weighted by Gasteiger charge is -2.16. The molecule has 154 valence electrons. The van der Waals surface area contributed by atoms with E-state index in [1.807, 2.05) is 56.3 Å². The standard InChI is InChI=1S/C22H19N7O2/c1-13-6-3-4-9-16(13)29-17(26-15-8-5-7-14(2)18(15)22(29)30)10-27-11-24-19-20(23)28(31)12-25-21(19)27/h3-9,11-12,23,31H,10H2,1-2H3/p+1. The van der Waals surface area contributed by atoms with Crippen LogP contribution >= 0.6 is 0 Å². The van der Waals surface area contributed by atoms with Crippen LogP contribution in [0.1, 0.15) is 17.0 Å². The normalized spacial score (nSPS) is 11.4. The average molecular weight is 414 g/mol. The number of nitrogen functional groups attached to an aromatic ring is 1. The van der Waals surface area contributed by atoms with Crippen LogP contribution in [-0.4, -0.2) is 29.3 Å². The zero-order valence-electron chi connectivity index (χ0n) is 17.0. The second-order valence-electron chi connectivity index (χ2n) is 7.44. The van der Waals surface area contributed by atoms with E-state index in [9.17, 15) is 10.0 Å². The highest BCUT2D eigenvalue weighted by Gasteiger charge is 2.20. The van der Waals surface area contributed by atoms with Crippen LogP contribution in [0.15, 0.2) is 59.9 Å². The molecule has 0 saturated carbocycles. The Balaban J connectivity index is 1.79. The summed E-state index contributed by atoms with van der Waals surface area (Å²) < 4.78 is 4.12. The minimum atomic E-state index is -0.127. The fraction of sp³-hybridized carbons (Fsp3) is 0.136. The third kappa shape index (κ3) is 2.90. The lowest BCUT2D eigenvalue weighted by Crippen LogP contribution is -2.34. The molecule has 9 nitrogen and oxygen atoms in total. The van der Waals surface area contributed by atoms with Crippen molar-refractivity contribution in [3.8, 4) is 5.69 Å². The molecule has 5 aromatic rings. The maximum atomic E-state index is 13.6. The van der Waals surface area contributed by atoms with Crippen molar-refractivity contribution in [1.82, 2.24) is 24.1 Å². The summed E-state index contributed by atoms with van der Waals surface area (Å²) in [6.07, 6.45) is 2.78. The molecule has 31 heavy (non-hydrogen) atoms. The zero-order chi connectivity index (χ0) is 21.7.